The lowest BCUT2D eigenvalue weighted by Gasteiger charge is -1.92. The summed E-state index contributed by atoms with van der Waals surface area (Å²) in [5, 5.41) is 0. The van der Waals surface area contributed by atoms with E-state index in [0.717, 1.165) is 18.8 Å². The van der Waals surface area contributed by atoms with E-state index < -0.39 is 0 Å². The van der Waals surface area contributed by atoms with Gasteiger partial charge in [0.05, 0.1) is 0 Å². The number of rotatable bonds is 4. The van der Waals surface area contributed by atoms with Crippen LogP contribution in [0.4, 0.5) is 4.39 Å². The van der Waals surface area contributed by atoms with Crippen LogP contribution in [-0.4, -0.2) is 0 Å². The number of hydrogen-bond donors (Lipinski definition) is 0. The number of halogens is 1. The van der Waals surface area contributed by atoms with Gasteiger partial charge in [0.25, 0.3) is 0 Å². The Balaban J connectivity index is 1.87. The summed E-state index contributed by atoms with van der Waals surface area (Å²) in [5.41, 5.74) is 0. The lowest BCUT2D eigenvalue weighted by molar-refractivity contribution is 0.638. The monoisotopic (exact) mass is 164 g/mol. The fraction of sp³-hybridized carbons (Fsp3) is 0.636. The molecule has 12 heavy (non-hydrogen) atoms. The van der Waals surface area contributed by atoms with Gasteiger partial charge in [-0.3, -0.25) is 0 Å². The zero-order valence-electron chi connectivity index (χ0n) is 7.20. The van der Waals surface area contributed by atoms with Crippen molar-refractivity contribution in [3.63, 3.8) is 0 Å². The number of hydrogen-bond acceptors (Lipinski definition) is 0. The third-order valence-electron chi connectivity index (χ3n) is 2.06. The second kappa shape index (κ2) is 5.67. The van der Waals surface area contributed by atoms with E-state index in [-0.39, 0.29) is 0 Å². The Hall–Kier alpha value is -0.950. The molecule has 0 aromatic rings. The zero-order chi connectivity index (χ0) is 8.65. The first-order valence-corrected chi connectivity index (χ1v) is 4.52. The van der Waals surface area contributed by atoms with Gasteiger partial charge in [-0.1, -0.05) is 31.6 Å². The zero-order valence-corrected chi connectivity index (χ0v) is 7.20. The molecule has 0 atom stereocenters. The summed E-state index contributed by atoms with van der Waals surface area (Å²) in [6, 6.07) is 0. The van der Waals surface area contributed by atoms with Gasteiger partial charge in [0.1, 0.15) is 6.17 Å². The van der Waals surface area contributed by atoms with Crippen LogP contribution < -0.4 is 0 Å². The summed E-state index contributed by atoms with van der Waals surface area (Å²) in [6.07, 6.45) is 8.75. The minimum atomic E-state index is 0.862. The second-order valence-corrected chi connectivity index (χ2v) is 3.21. The molecule has 1 saturated carbocycles. The molecule has 0 spiro atoms. The highest BCUT2D eigenvalue weighted by Crippen LogP contribution is 2.33. The summed E-state index contributed by atoms with van der Waals surface area (Å²) in [7, 11) is 0. The van der Waals surface area contributed by atoms with Crippen LogP contribution in [0.1, 0.15) is 38.5 Å². The average molecular weight is 164 g/mol. The van der Waals surface area contributed by atoms with E-state index in [9.17, 15) is 4.39 Å². The van der Waals surface area contributed by atoms with E-state index in [4.69, 9.17) is 0 Å². The Labute approximate surface area is 73.5 Å². The van der Waals surface area contributed by atoms with Crippen LogP contribution in [0.15, 0.2) is 0 Å². The molecule has 0 nitrogen and oxygen atoms in total. The second-order valence-electron chi connectivity index (χ2n) is 3.21. The Morgan fingerprint density at radius 1 is 1.17 bits per heavy atom. The highest BCUT2D eigenvalue weighted by atomic mass is 19.1. The highest BCUT2D eigenvalue weighted by molar-refractivity contribution is 5.23. The third kappa shape index (κ3) is 4.80. The largest absolute Gasteiger partial charge is 0.143 e. The van der Waals surface area contributed by atoms with Gasteiger partial charge in [-0.05, 0) is 18.3 Å². The minimum absolute atomic E-state index is 0.862. The van der Waals surface area contributed by atoms with Crippen molar-refractivity contribution in [3.05, 3.63) is 0 Å². The topological polar surface area (TPSA) is 0 Å². The van der Waals surface area contributed by atoms with Crippen LogP contribution in [0.3, 0.4) is 0 Å². The van der Waals surface area contributed by atoms with E-state index in [1.165, 1.54) is 31.9 Å². The Kier molecular flexibility index (Phi) is 4.32. The van der Waals surface area contributed by atoms with Crippen molar-refractivity contribution in [2.45, 2.75) is 38.5 Å². The Morgan fingerprint density at radius 3 is 2.67 bits per heavy atom. The maximum Gasteiger partial charge on any atom is 0.119 e. The van der Waals surface area contributed by atoms with Crippen molar-refractivity contribution in [3.8, 4) is 23.9 Å². The van der Waals surface area contributed by atoms with Crippen LogP contribution >= 0.6 is 0 Å². The summed E-state index contributed by atoms with van der Waals surface area (Å²) in [4.78, 5) is 0. The van der Waals surface area contributed by atoms with Crippen molar-refractivity contribution in [2.75, 3.05) is 0 Å². The van der Waals surface area contributed by atoms with Gasteiger partial charge >= 0.3 is 0 Å². The summed E-state index contributed by atoms with van der Waals surface area (Å²) in [5.74, 6) is 8.37. The molecule has 1 aliphatic rings. The molecule has 0 aliphatic heterocycles. The molecule has 0 bridgehead atoms. The molecule has 0 saturated heterocycles. The lowest BCUT2D eigenvalue weighted by atomic mass is 10.1. The van der Waals surface area contributed by atoms with Gasteiger partial charge in [-0.2, -0.15) is 0 Å². The van der Waals surface area contributed by atoms with Crippen molar-refractivity contribution in [2.24, 2.45) is 5.92 Å². The number of unbranched alkanes of at least 4 members (excludes halogenated alkanes) is 2. The first-order valence-electron chi connectivity index (χ1n) is 4.52. The highest BCUT2D eigenvalue weighted by Gasteiger charge is 2.19. The molecule has 0 N–H and O–H groups in total. The molecule has 1 rings (SSSR count). The molecular weight excluding hydrogens is 151 g/mol. The van der Waals surface area contributed by atoms with Gasteiger partial charge < -0.3 is 0 Å². The van der Waals surface area contributed by atoms with Crippen LogP contribution in [-0.2, 0) is 0 Å². The molecule has 1 fully saturated rings. The van der Waals surface area contributed by atoms with Crippen molar-refractivity contribution < 1.29 is 4.39 Å². The Morgan fingerprint density at radius 2 is 2.00 bits per heavy atom. The van der Waals surface area contributed by atoms with Gasteiger partial charge in [-0.25, -0.2) is 0 Å². The van der Waals surface area contributed by atoms with Crippen LogP contribution in [0.5, 0.6) is 0 Å². The van der Waals surface area contributed by atoms with Gasteiger partial charge in [0.15, 0.2) is 0 Å². The van der Waals surface area contributed by atoms with E-state index >= 15 is 0 Å². The Bertz CT molecular complexity index is 229. The fourth-order valence-corrected chi connectivity index (χ4v) is 1.18. The summed E-state index contributed by atoms with van der Waals surface area (Å²) < 4.78 is 11.2. The first-order chi connectivity index (χ1) is 5.93. The van der Waals surface area contributed by atoms with Gasteiger partial charge in [0, 0.05) is 12.3 Å². The molecule has 0 unspecified atom stereocenters. The summed E-state index contributed by atoms with van der Waals surface area (Å²) in [6.45, 7) is 0. The SMILES string of the molecule is FC#CC#CCCCCC1CC1. The fourth-order valence-electron chi connectivity index (χ4n) is 1.18. The van der Waals surface area contributed by atoms with Crippen molar-refractivity contribution >= 4 is 0 Å². The van der Waals surface area contributed by atoms with Crippen molar-refractivity contribution in [1.29, 1.82) is 0 Å². The summed E-state index contributed by atoms with van der Waals surface area (Å²) >= 11 is 0. The molecule has 0 radical (unpaired) electrons. The standard InChI is InChI=1S/C11H13F/c12-10-6-4-2-1-3-5-7-11-8-9-11/h11H,1,3,5,7-9H2. The van der Waals surface area contributed by atoms with E-state index in [1.807, 2.05) is 0 Å². The molecule has 1 aliphatic carbocycles. The van der Waals surface area contributed by atoms with Crippen LogP contribution in [0, 0.1) is 29.9 Å². The average Bonchev–Trinajstić information content (AvgIpc) is 2.87. The van der Waals surface area contributed by atoms with Gasteiger partial charge in [0.2, 0.25) is 0 Å². The predicted molar refractivity (Wildman–Crippen MR) is 47.9 cm³/mol. The smallest absolute Gasteiger partial charge is 0.119 e. The molecule has 0 amide bonds. The normalized spacial score (nSPS) is 14.1. The van der Waals surface area contributed by atoms with Crippen LogP contribution in [0.2, 0.25) is 0 Å². The first kappa shape index (κ1) is 9.14. The molecular formula is C11H13F. The lowest BCUT2D eigenvalue weighted by Crippen LogP contribution is -1.77. The minimum Gasteiger partial charge on any atom is -0.143 e. The molecule has 1 heteroatoms. The van der Waals surface area contributed by atoms with Crippen LogP contribution in [0.25, 0.3) is 0 Å². The maximum atomic E-state index is 11.2. The predicted octanol–water partition coefficient (Wildman–Crippen LogP) is 2.89. The van der Waals surface area contributed by atoms with Gasteiger partial charge in [-0.15, -0.1) is 4.39 Å². The van der Waals surface area contributed by atoms with E-state index in [1.54, 1.807) is 0 Å². The molecule has 0 heterocycles. The van der Waals surface area contributed by atoms with E-state index in [0.29, 0.717) is 0 Å². The van der Waals surface area contributed by atoms with Crippen molar-refractivity contribution in [1.82, 2.24) is 0 Å². The maximum absolute atomic E-state index is 11.2. The molecule has 0 aromatic carbocycles. The van der Waals surface area contributed by atoms with E-state index in [2.05, 4.69) is 17.8 Å². The molecule has 0 aromatic heterocycles. The third-order valence-corrected chi connectivity index (χ3v) is 2.06. The molecule has 64 valence electrons. The quantitative estimate of drug-likeness (QED) is 0.442.